The van der Waals surface area contributed by atoms with Gasteiger partial charge in [-0.05, 0) is 31.0 Å². The van der Waals surface area contributed by atoms with Crippen LogP contribution in [0.4, 0.5) is 0 Å². The Morgan fingerprint density at radius 2 is 1.77 bits per heavy atom. The molecule has 0 fully saturated rings. The first kappa shape index (κ1) is 14.3. The van der Waals surface area contributed by atoms with Crippen molar-refractivity contribution in [3.8, 4) is 11.5 Å². The zero-order valence-electron chi connectivity index (χ0n) is 12.8. The monoisotopic (exact) mass is 300 g/mol. The maximum absolute atomic E-state index is 11.9. The molecule has 5 nitrogen and oxygen atoms in total. The predicted octanol–water partition coefficient (Wildman–Crippen LogP) is 3.70. The molecule has 3 aromatic rings. The van der Waals surface area contributed by atoms with Gasteiger partial charge in [0.1, 0.15) is 28.2 Å². The molecule has 0 saturated heterocycles. The Kier molecular flexibility index (Phi) is 3.20. The highest BCUT2D eigenvalue weighted by Gasteiger charge is 2.22. The number of aryl methyl sites for hydroxylation is 2. The van der Waals surface area contributed by atoms with E-state index in [9.17, 15) is 9.90 Å². The van der Waals surface area contributed by atoms with Crippen molar-refractivity contribution in [2.24, 2.45) is 0 Å². The summed E-state index contributed by atoms with van der Waals surface area (Å²) in [5, 5.41) is 11.8. The van der Waals surface area contributed by atoms with Gasteiger partial charge in [-0.2, -0.15) is 0 Å². The molecule has 0 spiro atoms. The number of phenolic OH excluding ortho intramolecular Hbond substituents is 1. The lowest BCUT2D eigenvalue weighted by Crippen LogP contribution is -2.04. The van der Waals surface area contributed by atoms with Crippen LogP contribution in [0.1, 0.15) is 21.5 Å². The number of methoxy groups -OCH3 is 2. The SMILES string of the molecule is COC(=O)c1c(O)cc2oc3cc(OC)cc(C)c3c2c1C. The van der Waals surface area contributed by atoms with E-state index >= 15 is 0 Å². The molecule has 1 aromatic heterocycles. The normalized spacial score (nSPS) is 11.1. The molecule has 5 heteroatoms. The number of ether oxygens (including phenoxy) is 2. The average Bonchev–Trinajstić information content (AvgIpc) is 2.85. The smallest absolute Gasteiger partial charge is 0.341 e. The number of carbonyl (C=O) groups is 1. The van der Waals surface area contributed by atoms with E-state index in [-0.39, 0.29) is 11.3 Å². The third-order valence-corrected chi connectivity index (χ3v) is 3.89. The van der Waals surface area contributed by atoms with Crippen LogP contribution in [-0.2, 0) is 4.74 Å². The summed E-state index contributed by atoms with van der Waals surface area (Å²) in [6.45, 7) is 3.72. The number of benzene rings is 2. The molecule has 1 heterocycles. The molecule has 0 unspecified atom stereocenters. The summed E-state index contributed by atoms with van der Waals surface area (Å²) in [6, 6.07) is 5.14. The number of fused-ring (bicyclic) bond motifs is 3. The lowest BCUT2D eigenvalue weighted by Gasteiger charge is -2.08. The van der Waals surface area contributed by atoms with Crippen molar-refractivity contribution >= 4 is 27.9 Å². The third kappa shape index (κ3) is 1.89. The summed E-state index contributed by atoms with van der Waals surface area (Å²) in [5.74, 6) is -0.0305. The Labute approximate surface area is 127 Å². The first-order valence-electron chi connectivity index (χ1n) is 6.79. The van der Waals surface area contributed by atoms with E-state index in [0.29, 0.717) is 22.5 Å². The van der Waals surface area contributed by atoms with Gasteiger partial charge in [0.25, 0.3) is 0 Å². The van der Waals surface area contributed by atoms with Crippen molar-refractivity contribution in [3.05, 3.63) is 34.9 Å². The van der Waals surface area contributed by atoms with Crippen LogP contribution in [0.2, 0.25) is 0 Å². The van der Waals surface area contributed by atoms with Gasteiger partial charge in [0, 0.05) is 22.9 Å². The highest BCUT2D eigenvalue weighted by molar-refractivity contribution is 6.12. The number of esters is 1. The van der Waals surface area contributed by atoms with Crippen molar-refractivity contribution < 1.29 is 23.8 Å². The molecule has 1 N–H and O–H groups in total. The lowest BCUT2D eigenvalue weighted by atomic mass is 9.98. The predicted molar refractivity (Wildman–Crippen MR) is 82.8 cm³/mol. The molecule has 22 heavy (non-hydrogen) atoms. The minimum Gasteiger partial charge on any atom is -0.507 e. The van der Waals surface area contributed by atoms with Gasteiger partial charge in [0.15, 0.2) is 0 Å². The van der Waals surface area contributed by atoms with Crippen LogP contribution in [0.3, 0.4) is 0 Å². The molecule has 2 aromatic carbocycles. The van der Waals surface area contributed by atoms with Gasteiger partial charge in [-0.25, -0.2) is 4.79 Å². The van der Waals surface area contributed by atoms with Crippen LogP contribution in [0.5, 0.6) is 11.5 Å². The van der Waals surface area contributed by atoms with Crippen LogP contribution in [0, 0.1) is 13.8 Å². The molecule has 0 aliphatic rings. The van der Waals surface area contributed by atoms with E-state index in [0.717, 1.165) is 16.3 Å². The summed E-state index contributed by atoms with van der Waals surface area (Å²) in [6.07, 6.45) is 0. The fraction of sp³-hybridized carbons (Fsp3) is 0.235. The van der Waals surface area contributed by atoms with Crippen LogP contribution in [0.15, 0.2) is 22.6 Å². The number of phenols is 1. The van der Waals surface area contributed by atoms with Gasteiger partial charge in [-0.3, -0.25) is 0 Å². The number of aromatic hydroxyl groups is 1. The largest absolute Gasteiger partial charge is 0.507 e. The van der Waals surface area contributed by atoms with Crippen molar-refractivity contribution in [2.45, 2.75) is 13.8 Å². The average molecular weight is 300 g/mol. The maximum atomic E-state index is 11.9. The molecule has 0 radical (unpaired) electrons. The number of hydrogen-bond acceptors (Lipinski definition) is 5. The zero-order valence-corrected chi connectivity index (χ0v) is 12.8. The highest BCUT2D eigenvalue weighted by atomic mass is 16.5. The van der Waals surface area contributed by atoms with E-state index in [1.54, 1.807) is 20.1 Å². The van der Waals surface area contributed by atoms with Gasteiger partial charge in [-0.1, -0.05) is 0 Å². The van der Waals surface area contributed by atoms with Gasteiger partial charge < -0.3 is 19.0 Å². The Hall–Kier alpha value is -2.69. The van der Waals surface area contributed by atoms with Crippen LogP contribution in [-0.4, -0.2) is 25.3 Å². The second kappa shape index (κ2) is 4.94. The third-order valence-electron chi connectivity index (χ3n) is 3.89. The first-order valence-corrected chi connectivity index (χ1v) is 6.79. The number of hydrogen-bond donors (Lipinski definition) is 1. The van der Waals surface area contributed by atoms with E-state index in [2.05, 4.69) is 0 Å². The standard InChI is InChI=1S/C17H16O5/c1-8-5-10(20-3)6-12-14(8)16-9(2)15(17(19)21-4)11(18)7-13(16)22-12/h5-7,18H,1-4H3. The minimum absolute atomic E-state index is 0.152. The van der Waals surface area contributed by atoms with Crippen LogP contribution in [0.25, 0.3) is 21.9 Å². The Morgan fingerprint density at radius 3 is 2.41 bits per heavy atom. The van der Waals surface area contributed by atoms with Gasteiger partial charge in [0.2, 0.25) is 0 Å². The van der Waals surface area contributed by atoms with Crippen molar-refractivity contribution in [2.75, 3.05) is 14.2 Å². The second-order valence-electron chi connectivity index (χ2n) is 5.18. The molecule has 0 amide bonds. The summed E-state index contributed by atoms with van der Waals surface area (Å²) in [7, 11) is 2.88. The summed E-state index contributed by atoms with van der Waals surface area (Å²) >= 11 is 0. The fourth-order valence-corrected chi connectivity index (χ4v) is 2.88. The van der Waals surface area contributed by atoms with Crippen molar-refractivity contribution in [1.29, 1.82) is 0 Å². The van der Waals surface area contributed by atoms with Crippen LogP contribution < -0.4 is 4.74 Å². The van der Waals surface area contributed by atoms with Crippen LogP contribution >= 0.6 is 0 Å². The van der Waals surface area contributed by atoms with Gasteiger partial charge in [0.05, 0.1) is 14.2 Å². The maximum Gasteiger partial charge on any atom is 0.341 e. The number of furan rings is 1. The van der Waals surface area contributed by atoms with E-state index < -0.39 is 5.97 Å². The molecule has 0 aliphatic carbocycles. The molecule has 0 saturated carbocycles. The molecule has 0 bridgehead atoms. The highest BCUT2D eigenvalue weighted by Crippen LogP contribution is 2.39. The molecule has 3 rings (SSSR count). The fourth-order valence-electron chi connectivity index (χ4n) is 2.88. The second-order valence-corrected chi connectivity index (χ2v) is 5.18. The zero-order chi connectivity index (χ0) is 16.0. The first-order chi connectivity index (χ1) is 10.5. The molecular formula is C17H16O5. The summed E-state index contributed by atoms with van der Waals surface area (Å²) in [4.78, 5) is 11.9. The number of carbonyl (C=O) groups excluding carboxylic acids is 1. The van der Waals surface area contributed by atoms with E-state index in [4.69, 9.17) is 13.9 Å². The Bertz CT molecular complexity index is 905. The van der Waals surface area contributed by atoms with Gasteiger partial charge >= 0.3 is 5.97 Å². The van der Waals surface area contributed by atoms with Crippen molar-refractivity contribution in [1.82, 2.24) is 0 Å². The van der Waals surface area contributed by atoms with E-state index in [1.807, 2.05) is 13.0 Å². The minimum atomic E-state index is -0.572. The molecule has 114 valence electrons. The molecular weight excluding hydrogens is 284 g/mol. The quantitative estimate of drug-likeness (QED) is 0.731. The lowest BCUT2D eigenvalue weighted by molar-refractivity contribution is 0.0597. The van der Waals surface area contributed by atoms with Crippen molar-refractivity contribution in [3.63, 3.8) is 0 Å². The topological polar surface area (TPSA) is 68.9 Å². The summed E-state index contributed by atoms with van der Waals surface area (Å²) in [5.41, 5.74) is 2.94. The molecule has 0 atom stereocenters. The van der Waals surface area contributed by atoms with Gasteiger partial charge in [-0.15, -0.1) is 0 Å². The van der Waals surface area contributed by atoms with E-state index in [1.165, 1.54) is 13.2 Å². The number of rotatable bonds is 2. The Morgan fingerprint density at radius 1 is 1.09 bits per heavy atom. The Balaban J connectivity index is 2.47. The molecule has 0 aliphatic heterocycles. The summed E-state index contributed by atoms with van der Waals surface area (Å²) < 4.78 is 15.8.